The second-order valence-corrected chi connectivity index (χ2v) is 3.22. The molecule has 0 amide bonds. The fourth-order valence-corrected chi connectivity index (χ4v) is 1.26. The topological polar surface area (TPSA) is 43.1 Å². The molecule has 2 nitrogen and oxygen atoms in total. The van der Waals surface area contributed by atoms with E-state index in [-0.39, 0.29) is 0 Å². The molecule has 0 aliphatic rings. The van der Waals surface area contributed by atoms with Crippen LogP contribution in [-0.2, 0) is 4.79 Å². The minimum Gasteiger partial charge on any atom is -0.330 e. The third kappa shape index (κ3) is 9.63. The lowest BCUT2D eigenvalue weighted by Gasteiger charge is -1.98. The Balaban J connectivity index is 2.77. The van der Waals surface area contributed by atoms with Crippen LogP contribution in [0.2, 0.25) is 0 Å². The molecule has 0 aromatic rings. The zero-order valence-electron chi connectivity index (χ0n) is 7.93. The van der Waals surface area contributed by atoms with Gasteiger partial charge in [0.05, 0.1) is 0 Å². The van der Waals surface area contributed by atoms with Crippen LogP contribution in [0.4, 0.5) is 0 Å². The van der Waals surface area contributed by atoms with Gasteiger partial charge in [-0.1, -0.05) is 32.1 Å². The van der Waals surface area contributed by atoms with Crippen LogP contribution in [0.25, 0.3) is 0 Å². The molecule has 0 atom stereocenters. The highest BCUT2D eigenvalue weighted by Crippen LogP contribution is 2.07. The van der Waals surface area contributed by atoms with Crippen molar-refractivity contribution in [3.8, 4) is 0 Å². The van der Waals surface area contributed by atoms with Crippen LogP contribution in [0.15, 0.2) is 0 Å². The molecule has 0 aromatic carbocycles. The van der Waals surface area contributed by atoms with Crippen LogP contribution in [0.3, 0.4) is 0 Å². The van der Waals surface area contributed by atoms with Crippen molar-refractivity contribution in [2.75, 3.05) is 6.54 Å². The minimum atomic E-state index is 0.739. The largest absolute Gasteiger partial charge is 0.330 e. The van der Waals surface area contributed by atoms with E-state index in [1.807, 2.05) is 0 Å². The molecule has 0 aliphatic carbocycles. The molecule has 2 heteroatoms. The van der Waals surface area contributed by atoms with Gasteiger partial charge in [-0.25, -0.2) is 0 Å². The summed E-state index contributed by atoms with van der Waals surface area (Å²) in [4.78, 5) is 9.97. The molecular formula is C10H21NO. The quantitative estimate of drug-likeness (QED) is 0.427. The smallest absolute Gasteiger partial charge is 0.119 e. The molecule has 72 valence electrons. The lowest BCUT2D eigenvalue weighted by Crippen LogP contribution is -1.97. The lowest BCUT2D eigenvalue weighted by molar-refractivity contribution is -0.107. The molecular weight excluding hydrogens is 150 g/mol. The Morgan fingerprint density at radius 2 is 1.33 bits per heavy atom. The Labute approximate surface area is 75.5 Å². The Kier molecular flexibility index (Phi) is 10.3. The SMILES string of the molecule is NCCCCCCCCCC=O. The van der Waals surface area contributed by atoms with Crippen LogP contribution in [-0.4, -0.2) is 12.8 Å². The number of rotatable bonds is 9. The molecule has 0 saturated carbocycles. The van der Waals surface area contributed by atoms with Gasteiger partial charge >= 0.3 is 0 Å². The number of hydrogen-bond donors (Lipinski definition) is 1. The predicted octanol–water partition coefficient (Wildman–Crippen LogP) is 2.26. The van der Waals surface area contributed by atoms with E-state index in [4.69, 9.17) is 5.73 Å². The van der Waals surface area contributed by atoms with Gasteiger partial charge < -0.3 is 10.5 Å². The van der Waals surface area contributed by atoms with Crippen molar-refractivity contribution >= 4 is 6.29 Å². The van der Waals surface area contributed by atoms with Gasteiger partial charge in [0.25, 0.3) is 0 Å². The summed E-state index contributed by atoms with van der Waals surface area (Å²) in [6, 6.07) is 0. The third-order valence-electron chi connectivity index (χ3n) is 2.03. The average molecular weight is 171 g/mol. The Bertz CT molecular complexity index is 93.8. The average Bonchev–Trinajstić information content (AvgIpc) is 2.10. The summed E-state index contributed by atoms with van der Waals surface area (Å²) in [5.41, 5.74) is 5.37. The van der Waals surface area contributed by atoms with Gasteiger partial charge in [-0.15, -0.1) is 0 Å². The van der Waals surface area contributed by atoms with E-state index in [1.54, 1.807) is 0 Å². The number of aldehydes is 1. The summed E-state index contributed by atoms with van der Waals surface area (Å²) in [6.45, 7) is 0.825. The van der Waals surface area contributed by atoms with Gasteiger partial charge in [0.2, 0.25) is 0 Å². The normalized spacial score (nSPS) is 10.1. The van der Waals surface area contributed by atoms with Crippen LogP contribution in [0.5, 0.6) is 0 Å². The fraction of sp³-hybridized carbons (Fsp3) is 0.900. The molecule has 0 heterocycles. The zero-order chi connectivity index (χ0) is 9.07. The van der Waals surface area contributed by atoms with Crippen molar-refractivity contribution in [2.45, 2.75) is 51.4 Å². The number of unbranched alkanes of at least 4 members (excludes halogenated alkanes) is 7. The second-order valence-electron chi connectivity index (χ2n) is 3.22. The molecule has 0 radical (unpaired) electrons. The molecule has 0 saturated heterocycles. The van der Waals surface area contributed by atoms with Crippen molar-refractivity contribution in [1.82, 2.24) is 0 Å². The highest BCUT2D eigenvalue weighted by atomic mass is 16.1. The summed E-state index contributed by atoms with van der Waals surface area (Å²) < 4.78 is 0. The van der Waals surface area contributed by atoms with Gasteiger partial charge in [-0.05, 0) is 19.4 Å². The van der Waals surface area contributed by atoms with Crippen molar-refractivity contribution < 1.29 is 4.79 Å². The van der Waals surface area contributed by atoms with Gasteiger partial charge in [0.1, 0.15) is 6.29 Å². The molecule has 0 rings (SSSR count). The first-order valence-electron chi connectivity index (χ1n) is 5.05. The minimum absolute atomic E-state index is 0.739. The monoisotopic (exact) mass is 171 g/mol. The van der Waals surface area contributed by atoms with Crippen molar-refractivity contribution in [3.05, 3.63) is 0 Å². The zero-order valence-corrected chi connectivity index (χ0v) is 7.93. The summed E-state index contributed by atoms with van der Waals surface area (Å²) in [7, 11) is 0. The summed E-state index contributed by atoms with van der Waals surface area (Å²) in [5, 5.41) is 0. The van der Waals surface area contributed by atoms with E-state index in [9.17, 15) is 4.79 Å². The number of carbonyl (C=O) groups is 1. The Morgan fingerprint density at radius 1 is 0.833 bits per heavy atom. The molecule has 0 aliphatic heterocycles. The van der Waals surface area contributed by atoms with E-state index in [2.05, 4.69) is 0 Å². The maximum absolute atomic E-state index is 9.97. The first kappa shape index (κ1) is 11.6. The first-order chi connectivity index (χ1) is 5.91. The number of nitrogens with two attached hydrogens (primary N) is 1. The Morgan fingerprint density at radius 3 is 1.83 bits per heavy atom. The maximum Gasteiger partial charge on any atom is 0.119 e. The van der Waals surface area contributed by atoms with E-state index in [0.29, 0.717) is 0 Å². The summed E-state index contributed by atoms with van der Waals surface area (Å²) in [6.07, 6.45) is 10.3. The molecule has 12 heavy (non-hydrogen) atoms. The van der Waals surface area contributed by atoms with Crippen LogP contribution < -0.4 is 5.73 Å². The van der Waals surface area contributed by atoms with Crippen molar-refractivity contribution in [2.24, 2.45) is 5.73 Å². The molecule has 2 N–H and O–H groups in total. The highest BCUT2D eigenvalue weighted by Gasteiger charge is 1.90. The number of hydrogen-bond acceptors (Lipinski definition) is 2. The standard InChI is InChI=1S/C10H21NO/c11-9-7-5-3-1-2-4-6-8-10-12/h10H,1-9,11H2. The fourth-order valence-electron chi connectivity index (χ4n) is 1.26. The van der Waals surface area contributed by atoms with Gasteiger partial charge in [-0.3, -0.25) is 0 Å². The van der Waals surface area contributed by atoms with E-state index >= 15 is 0 Å². The van der Waals surface area contributed by atoms with Gasteiger partial charge in [0.15, 0.2) is 0 Å². The second kappa shape index (κ2) is 10.6. The third-order valence-corrected chi connectivity index (χ3v) is 2.03. The molecule has 0 spiro atoms. The lowest BCUT2D eigenvalue weighted by atomic mass is 10.1. The van der Waals surface area contributed by atoms with Crippen LogP contribution >= 0.6 is 0 Å². The molecule has 0 bridgehead atoms. The first-order valence-corrected chi connectivity index (χ1v) is 5.05. The molecule has 0 aromatic heterocycles. The maximum atomic E-state index is 9.97. The molecule has 0 fully saturated rings. The van der Waals surface area contributed by atoms with Crippen molar-refractivity contribution in [3.63, 3.8) is 0 Å². The van der Waals surface area contributed by atoms with Crippen LogP contribution in [0, 0.1) is 0 Å². The highest BCUT2D eigenvalue weighted by molar-refractivity contribution is 5.48. The van der Waals surface area contributed by atoms with Gasteiger partial charge in [-0.2, -0.15) is 0 Å². The molecule has 0 unspecified atom stereocenters. The van der Waals surface area contributed by atoms with E-state index < -0.39 is 0 Å². The van der Waals surface area contributed by atoms with Gasteiger partial charge in [0, 0.05) is 6.42 Å². The van der Waals surface area contributed by atoms with E-state index in [1.165, 1.54) is 32.1 Å². The van der Waals surface area contributed by atoms with Crippen LogP contribution in [0.1, 0.15) is 51.4 Å². The Hall–Kier alpha value is -0.370. The van der Waals surface area contributed by atoms with Crippen molar-refractivity contribution in [1.29, 1.82) is 0 Å². The summed E-state index contributed by atoms with van der Waals surface area (Å²) in [5.74, 6) is 0. The summed E-state index contributed by atoms with van der Waals surface area (Å²) >= 11 is 0. The number of carbonyl (C=O) groups excluding carboxylic acids is 1. The van der Waals surface area contributed by atoms with E-state index in [0.717, 1.165) is 32.1 Å². The predicted molar refractivity (Wildman–Crippen MR) is 52.1 cm³/mol.